The lowest BCUT2D eigenvalue weighted by Crippen LogP contribution is -2.42. The molecule has 0 aliphatic rings. The van der Waals surface area contributed by atoms with E-state index < -0.39 is 30.6 Å². The van der Waals surface area contributed by atoms with Crippen molar-refractivity contribution in [1.82, 2.24) is 15.6 Å². The van der Waals surface area contributed by atoms with Crippen LogP contribution in [0.1, 0.15) is 28.8 Å². The minimum absolute atomic E-state index is 0.0531. The maximum atomic E-state index is 12.1. The normalized spacial score (nSPS) is 12.8. The maximum absolute atomic E-state index is 12.1. The van der Waals surface area contributed by atoms with Crippen molar-refractivity contribution in [3.05, 3.63) is 16.1 Å². The van der Waals surface area contributed by atoms with Crippen LogP contribution in [0.15, 0.2) is 5.38 Å². The second kappa shape index (κ2) is 6.55. The van der Waals surface area contributed by atoms with E-state index in [0.717, 1.165) is 11.3 Å². The van der Waals surface area contributed by atoms with Crippen LogP contribution >= 0.6 is 11.3 Å². The summed E-state index contributed by atoms with van der Waals surface area (Å²) in [5.74, 6) is -1.18. The van der Waals surface area contributed by atoms with Gasteiger partial charge in [0.05, 0.1) is 13.0 Å². The Bertz CT molecular complexity index is 490. The number of alkyl halides is 3. The summed E-state index contributed by atoms with van der Waals surface area (Å²) < 4.78 is 36.2. The Hall–Kier alpha value is -1.84. The number of aromatic nitrogens is 1. The van der Waals surface area contributed by atoms with Gasteiger partial charge >= 0.3 is 18.2 Å². The number of carboxylic acids is 1. The molecule has 1 aromatic heterocycles. The smallest absolute Gasteiger partial charge is 0.391 e. The second-order valence-corrected chi connectivity index (χ2v) is 4.92. The van der Waals surface area contributed by atoms with Crippen molar-refractivity contribution in [3.8, 4) is 0 Å². The first-order chi connectivity index (χ1) is 9.17. The second-order valence-electron chi connectivity index (χ2n) is 3.98. The average Bonchev–Trinajstić information content (AvgIpc) is 2.72. The Labute approximate surface area is 116 Å². The Balaban J connectivity index is 2.37. The number of hydrogen-bond acceptors (Lipinski definition) is 4. The SMILES string of the molecule is CC(CC(F)(F)F)NC(=O)NCc1nc(C(=O)O)cs1. The number of halogens is 3. The fraction of sp³-hybridized carbons (Fsp3) is 0.500. The molecule has 1 rings (SSSR count). The number of urea groups is 1. The number of thiazole rings is 1. The third kappa shape index (κ3) is 5.87. The summed E-state index contributed by atoms with van der Waals surface area (Å²) in [6.07, 6.45) is -5.47. The van der Waals surface area contributed by atoms with E-state index in [9.17, 15) is 22.8 Å². The molecular weight excluding hydrogens is 299 g/mol. The molecule has 1 aromatic rings. The van der Waals surface area contributed by atoms with Crippen molar-refractivity contribution in [2.75, 3.05) is 0 Å². The van der Waals surface area contributed by atoms with Gasteiger partial charge in [-0.25, -0.2) is 14.6 Å². The molecular formula is C10H12F3N3O3S. The summed E-state index contributed by atoms with van der Waals surface area (Å²) in [6, 6.07) is -1.82. The lowest BCUT2D eigenvalue weighted by molar-refractivity contribution is -0.138. The Morgan fingerprint density at radius 2 is 2.15 bits per heavy atom. The first-order valence-corrected chi connectivity index (χ1v) is 6.34. The summed E-state index contributed by atoms with van der Waals surface area (Å²) in [4.78, 5) is 25.6. The van der Waals surface area contributed by atoms with E-state index in [1.54, 1.807) is 0 Å². The van der Waals surface area contributed by atoms with Crippen molar-refractivity contribution in [2.24, 2.45) is 0 Å². The summed E-state index contributed by atoms with van der Waals surface area (Å²) >= 11 is 1.03. The molecule has 0 saturated heterocycles. The van der Waals surface area contributed by atoms with Crippen LogP contribution in [0, 0.1) is 0 Å². The van der Waals surface area contributed by atoms with Crippen molar-refractivity contribution < 1.29 is 27.9 Å². The van der Waals surface area contributed by atoms with Crippen LogP contribution in [0.2, 0.25) is 0 Å². The number of carboxylic acid groups (broad SMARTS) is 1. The molecule has 0 radical (unpaired) electrons. The van der Waals surface area contributed by atoms with Gasteiger partial charge < -0.3 is 15.7 Å². The van der Waals surface area contributed by atoms with Gasteiger partial charge in [-0.1, -0.05) is 0 Å². The highest BCUT2D eigenvalue weighted by Gasteiger charge is 2.30. The highest BCUT2D eigenvalue weighted by atomic mass is 32.1. The first-order valence-electron chi connectivity index (χ1n) is 5.46. The van der Waals surface area contributed by atoms with Gasteiger partial charge in [0, 0.05) is 11.4 Å². The summed E-state index contributed by atoms with van der Waals surface area (Å²) in [5.41, 5.74) is -0.141. The molecule has 0 bridgehead atoms. The van der Waals surface area contributed by atoms with E-state index in [1.165, 1.54) is 12.3 Å². The summed E-state index contributed by atoms with van der Waals surface area (Å²) in [6.45, 7) is 1.18. The quantitative estimate of drug-likeness (QED) is 0.775. The number of hydrogen-bond donors (Lipinski definition) is 3. The minimum atomic E-state index is -4.35. The molecule has 1 atom stereocenters. The minimum Gasteiger partial charge on any atom is -0.476 e. The molecule has 0 aliphatic heterocycles. The molecule has 0 fully saturated rings. The first kappa shape index (κ1) is 16.2. The lowest BCUT2D eigenvalue weighted by atomic mass is 10.2. The van der Waals surface area contributed by atoms with E-state index in [0.29, 0.717) is 5.01 Å². The van der Waals surface area contributed by atoms with Crippen LogP contribution < -0.4 is 10.6 Å². The number of nitrogens with one attached hydrogen (secondary N) is 2. The van der Waals surface area contributed by atoms with Crippen LogP contribution in [0.3, 0.4) is 0 Å². The molecule has 0 spiro atoms. The fourth-order valence-electron chi connectivity index (χ4n) is 1.32. The number of nitrogens with zero attached hydrogens (tertiary/aromatic N) is 1. The molecule has 6 nitrogen and oxygen atoms in total. The summed E-state index contributed by atoms with van der Waals surface area (Å²) in [7, 11) is 0. The molecule has 0 saturated carbocycles. The van der Waals surface area contributed by atoms with Crippen molar-refractivity contribution in [1.29, 1.82) is 0 Å². The summed E-state index contributed by atoms with van der Waals surface area (Å²) in [5, 5.41) is 14.7. The van der Waals surface area contributed by atoms with Crippen LogP contribution in [0.5, 0.6) is 0 Å². The van der Waals surface area contributed by atoms with Gasteiger partial charge in [-0.2, -0.15) is 13.2 Å². The molecule has 1 heterocycles. The number of carbonyl (C=O) groups is 2. The third-order valence-electron chi connectivity index (χ3n) is 2.09. The fourth-order valence-corrected chi connectivity index (χ4v) is 2.03. The predicted octanol–water partition coefficient (Wildman–Crippen LogP) is 1.98. The number of aromatic carboxylic acids is 1. The number of rotatable bonds is 5. The Morgan fingerprint density at radius 3 is 2.65 bits per heavy atom. The van der Waals surface area contributed by atoms with Gasteiger partial charge in [-0.15, -0.1) is 11.3 Å². The maximum Gasteiger partial charge on any atom is 0.391 e. The molecule has 20 heavy (non-hydrogen) atoms. The zero-order valence-electron chi connectivity index (χ0n) is 10.3. The van der Waals surface area contributed by atoms with Crippen molar-refractivity contribution in [3.63, 3.8) is 0 Å². The Kier molecular flexibility index (Phi) is 5.31. The lowest BCUT2D eigenvalue weighted by Gasteiger charge is -2.15. The van der Waals surface area contributed by atoms with Crippen LogP contribution in [-0.4, -0.2) is 34.3 Å². The standard InChI is InChI=1S/C10H12F3N3O3S/c1-5(2-10(11,12)13)15-9(19)14-3-7-16-6(4-20-7)8(17)18/h4-5H,2-3H2,1H3,(H,17,18)(H2,14,15,19). The van der Waals surface area contributed by atoms with Crippen LogP contribution in [-0.2, 0) is 6.54 Å². The van der Waals surface area contributed by atoms with Gasteiger partial charge in [-0.3, -0.25) is 0 Å². The van der Waals surface area contributed by atoms with E-state index in [2.05, 4.69) is 15.6 Å². The largest absolute Gasteiger partial charge is 0.476 e. The van der Waals surface area contributed by atoms with E-state index in [-0.39, 0.29) is 12.2 Å². The molecule has 3 N–H and O–H groups in total. The molecule has 10 heteroatoms. The molecule has 1 unspecified atom stereocenters. The molecule has 112 valence electrons. The number of amides is 2. The van der Waals surface area contributed by atoms with E-state index in [1.807, 2.05) is 0 Å². The van der Waals surface area contributed by atoms with Gasteiger partial charge in [0.1, 0.15) is 5.01 Å². The highest BCUT2D eigenvalue weighted by Crippen LogP contribution is 2.21. The Morgan fingerprint density at radius 1 is 1.50 bits per heavy atom. The van der Waals surface area contributed by atoms with E-state index in [4.69, 9.17) is 5.11 Å². The third-order valence-corrected chi connectivity index (χ3v) is 2.93. The van der Waals surface area contributed by atoms with Crippen LogP contribution in [0.25, 0.3) is 0 Å². The number of carbonyl (C=O) groups excluding carboxylic acids is 1. The van der Waals surface area contributed by atoms with E-state index >= 15 is 0 Å². The van der Waals surface area contributed by atoms with Gasteiger partial charge in [0.2, 0.25) is 0 Å². The van der Waals surface area contributed by atoms with Crippen LogP contribution in [0.4, 0.5) is 18.0 Å². The zero-order valence-corrected chi connectivity index (χ0v) is 11.1. The molecule has 0 aromatic carbocycles. The van der Waals surface area contributed by atoms with Gasteiger partial charge in [0.15, 0.2) is 5.69 Å². The van der Waals surface area contributed by atoms with Gasteiger partial charge in [-0.05, 0) is 6.92 Å². The zero-order chi connectivity index (χ0) is 15.3. The average molecular weight is 311 g/mol. The topological polar surface area (TPSA) is 91.3 Å². The molecule has 2 amide bonds. The van der Waals surface area contributed by atoms with Gasteiger partial charge in [0.25, 0.3) is 0 Å². The monoisotopic (exact) mass is 311 g/mol. The molecule has 0 aliphatic carbocycles. The van der Waals surface area contributed by atoms with Crippen molar-refractivity contribution >= 4 is 23.3 Å². The van der Waals surface area contributed by atoms with Crippen molar-refractivity contribution in [2.45, 2.75) is 32.1 Å². The highest BCUT2D eigenvalue weighted by molar-refractivity contribution is 7.09. The predicted molar refractivity (Wildman–Crippen MR) is 64.6 cm³/mol.